The molecule has 0 saturated heterocycles. The summed E-state index contributed by atoms with van der Waals surface area (Å²) in [6, 6.07) is 7.82. The fourth-order valence-electron chi connectivity index (χ4n) is 1.84. The molecule has 112 valence electrons. The summed E-state index contributed by atoms with van der Waals surface area (Å²) in [5.41, 5.74) is 0.543. The van der Waals surface area contributed by atoms with Gasteiger partial charge in [-0.1, -0.05) is 23.7 Å². The molecule has 0 amide bonds. The van der Waals surface area contributed by atoms with E-state index in [1.54, 1.807) is 30.5 Å². The maximum atomic E-state index is 12.7. The molecule has 8 heteroatoms. The summed E-state index contributed by atoms with van der Waals surface area (Å²) >= 11 is 5.81. The lowest BCUT2D eigenvalue weighted by molar-refractivity contribution is -0.141. The van der Waals surface area contributed by atoms with Gasteiger partial charge in [0.15, 0.2) is 0 Å². The zero-order chi connectivity index (χ0) is 15.7. The first-order chi connectivity index (χ1) is 10.4. The van der Waals surface area contributed by atoms with E-state index in [4.69, 9.17) is 11.6 Å². The van der Waals surface area contributed by atoms with E-state index in [0.717, 1.165) is 23.4 Å². The van der Waals surface area contributed by atoms with Gasteiger partial charge in [-0.05, 0) is 23.8 Å². The predicted molar refractivity (Wildman–Crippen MR) is 74.6 cm³/mol. The molecule has 0 spiro atoms. The molecule has 0 unspecified atom stereocenters. The monoisotopic (exact) mass is 324 g/mol. The number of hydrogen-bond acceptors (Lipinski definition) is 3. The van der Waals surface area contributed by atoms with Gasteiger partial charge in [-0.25, -0.2) is 14.6 Å². The van der Waals surface area contributed by atoms with Crippen LogP contribution in [0.4, 0.5) is 13.2 Å². The van der Waals surface area contributed by atoms with E-state index in [2.05, 4.69) is 15.1 Å². The SMILES string of the molecule is FC(F)(F)c1ccnc(-n2cc(-c3ccc(Cl)cc3)cn2)n1. The topological polar surface area (TPSA) is 43.6 Å². The largest absolute Gasteiger partial charge is 0.433 e. The molecule has 2 heterocycles. The van der Waals surface area contributed by atoms with Crippen LogP contribution in [0.5, 0.6) is 0 Å². The standard InChI is InChI=1S/C14H8ClF3N4/c15-11-3-1-9(2-4-11)10-7-20-22(8-10)13-19-6-5-12(21-13)14(16,17)18/h1-8H. The Kier molecular flexibility index (Phi) is 3.58. The van der Waals surface area contributed by atoms with Gasteiger partial charge in [0.2, 0.25) is 0 Å². The fourth-order valence-corrected chi connectivity index (χ4v) is 1.97. The normalized spacial score (nSPS) is 11.6. The van der Waals surface area contributed by atoms with E-state index in [1.165, 1.54) is 10.9 Å². The van der Waals surface area contributed by atoms with Gasteiger partial charge in [0.25, 0.3) is 5.95 Å². The first-order valence-corrected chi connectivity index (χ1v) is 6.52. The molecule has 4 nitrogen and oxygen atoms in total. The lowest BCUT2D eigenvalue weighted by Crippen LogP contribution is -2.11. The molecule has 0 aliphatic rings. The molecule has 0 radical (unpaired) electrons. The minimum absolute atomic E-state index is 0.143. The van der Waals surface area contributed by atoms with Gasteiger partial charge in [-0.2, -0.15) is 18.3 Å². The molecule has 0 N–H and O–H groups in total. The molecule has 0 saturated carbocycles. The van der Waals surface area contributed by atoms with Crippen molar-refractivity contribution in [1.29, 1.82) is 0 Å². The zero-order valence-corrected chi connectivity index (χ0v) is 11.7. The third-order valence-electron chi connectivity index (χ3n) is 2.90. The van der Waals surface area contributed by atoms with E-state index < -0.39 is 11.9 Å². The maximum Gasteiger partial charge on any atom is 0.433 e. The molecule has 22 heavy (non-hydrogen) atoms. The van der Waals surface area contributed by atoms with Crippen molar-refractivity contribution in [3.63, 3.8) is 0 Å². The molecule has 0 bridgehead atoms. The number of nitrogens with zero attached hydrogens (tertiary/aromatic N) is 4. The second-order valence-corrected chi connectivity index (χ2v) is 4.86. The molecule has 0 aliphatic carbocycles. The Bertz CT molecular complexity index is 796. The summed E-state index contributed by atoms with van der Waals surface area (Å²) in [4.78, 5) is 7.29. The molecule has 3 aromatic rings. The van der Waals surface area contributed by atoms with Crippen molar-refractivity contribution in [3.05, 3.63) is 59.6 Å². The Morgan fingerprint density at radius 2 is 1.73 bits per heavy atom. The van der Waals surface area contributed by atoms with E-state index in [-0.39, 0.29) is 5.95 Å². The minimum Gasteiger partial charge on any atom is -0.220 e. The Morgan fingerprint density at radius 1 is 1.00 bits per heavy atom. The number of halogens is 4. The van der Waals surface area contributed by atoms with Crippen molar-refractivity contribution < 1.29 is 13.2 Å². The van der Waals surface area contributed by atoms with E-state index in [9.17, 15) is 13.2 Å². The van der Waals surface area contributed by atoms with Crippen LogP contribution in [0.1, 0.15) is 5.69 Å². The van der Waals surface area contributed by atoms with Crippen LogP contribution >= 0.6 is 11.6 Å². The van der Waals surface area contributed by atoms with Crippen LogP contribution in [-0.2, 0) is 6.18 Å². The summed E-state index contributed by atoms with van der Waals surface area (Å²) in [5, 5.41) is 4.59. The van der Waals surface area contributed by atoms with Gasteiger partial charge in [-0.15, -0.1) is 0 Å². The Morgan fingerprint density at radius 3 is 2.41 bits per heavy atom. The van der Waals surface area contributed by atoms with Crippen molar-refractivity contribution in [2.75, 3.05) is 0 Å². The van der Waals surface area contributed by atoms with Crippen molar-refractivity contribution in [2.24, 2.45) is 0 Å². The molecule has 2 aromatic heterocycles. The van der Waals surface area contributed by atoms with Crippen LogP contribution < -0.4 is 0 Å². The average molecular weight is 325 g/mol. The van der Waals surface area contributed by atoms with E-state index in [1.807, 2.05) is 0 Å². The number of benzene rings is 1. The van der Waals surface area contributed by atoms with Crippen LogP contribution in [-0.4, -0.2) is 19.7 Å². The Balaban J connectivity index is 1.96. The lowest BCUT2D eigenvalue weighted by atomic mass is 10.1. The van der Waals surface area contributed by atoms with Crippen LogP contribution in [0, 0.1) is 0 Å². The molecular weight excluding hydrogens is 317 g/mol. The molecule has 3 rings (SSSR count). The predicted octanol–water partition coefficient (Wildman–Crippen LogP) is 4.00. The third-order valence-corrected chi connectivity index (χ3v) is 3.15. The smallest absolute Gasteiger partial charge is 0.220 e. The second kappa shape index (κ2) is 5.42. The van der Waals surface area contributed by atoms with Crippen molar-refractivity contribution in [2.45, 2.75) is 6.18 Å². The Labute approximate surface area is 128 Å². The first-order valence-electron chi connectivity index (χ1n) is 6.15. The quantitative estimate of drug-likeness (QED) is 0.715. The van der Waals surface area contributed by atoms with E-state index >= 15 is 0 Å². The highest BCUT2D eigenvalue weighted by atomic mass is 35.5. The minimum atomic E-state index is -4.52. The number of hydrogen-bond donors (Lipinski definition) is 0. The van der Waals surface area contributed by atoms with Gasteiger partial charge in [0.1, 0.15) is 5.69 Å². The number of aromatic nitrogens is 4. The summed E-state index contributed by atoms with van der Waals surface area (Å²) in [7, 11) is 0. The number of rotatable bonds is 2. The lowest BCUT2D eigenvalue weighted by Gasteiger charge is -2.06. The van der Waals surface area contributed by atoms with E-state index in [0.29, 0.717) is 5.02 Å². The summed E-state index contributed by atoms with van der Waals surface area (Å²) in [6.07, 6.45) is -0.399. The highest BCUT2D eigenvalue weighted by molar-refractivity contribution is 6.30. The van der Waals surface area contributed by atoms with Crippen LogP contribution in [0.2, 0.25) is 5.02 Å². The zero-order valence-electron chi connectivity index (χ0n) is 10.9. The molecule has 0 aliphatic heterocycles. The van der Waals surface area contributed by atoms with Gasteiger partial charge < -0.3 is 0 Å². The molecular formula is C14H8ClF3N4. The molecule has 0 atom stereocenters. The fraction of sp³-hybridized carbons (Fsp3) is 0.0714. The third kappa shape index (κ3) is 2.94. The summed E-state index contributed by atoms with van der Waals surface area (Å²) < 4.78 is 39.2. The summed E-state index contributed by atoms with van der Waals surface area (Å²) in [6.45, 7) is 0. The maximum absolute atomic E-state index is 12.7. The summed E-state index contributed by atoms with van der Waals surface area (Å²) in [5.74, 6) is -0.143. The van der Waals surface area contributed by atoms with Gasteiger partial charge >= 0.3 is 6.18 Å². The van der Waals surface area contributed by atoms with Crippen molar-refractivity contribution in [3.8, 4) is 17.1 Å². The highest BCUT2D eigenvalue weighted by Crippen LogP contribution is 2.27. The van der Waals surface area contributed by atoms with Crippen molar-refractivity contribution >= 4 is 11.6 Å². The first kappa shape index (κ1) is 14.5. The van der Waals surface area contributed by atoms with Crippen molar-refractivity contribution in [1.82, 2.24) is 19.7 Å². The number of alkyl halides is 3. The van der Waals surface area contributed by atoms with Crippen LogP contribution in [0.25, 0.3) is 17.1 Å². The van der Waals surface area contributed by atoms with Crippen LogP contribution in [0.15, 0.2) is 48.9 Å². The van der Waals surface area contributed by atoms with Gasteiger partial charge in [0, 0.05) is 23.0 Å². The molecule has 1 aromatic carbocycles. The Hall–Kier alpha value is -2.41. The van der Waals surface area contributed by atoms with Gasteiger partial charge in [-0.3, -0.25) is 0 Å². The van der Waals surface area contributed by atoms with Gasteiger partial charge in [0.05, 0.1) is 6.20 Å². The second-order valence-electron chi connectivity index (χ2n) is 4.42. The molecule has 0 fully saturated rings. The van der Waals surface area contributed by atoms with Crippen LogP contribution in [0.3, 0.4) is 0 Å². The highest BCUT2D eigenvalue weighted by Gasteiger charge is 2.33. The average Bonchev–Trinajstić information content (AvgIpc) is 2.97.